The molecule has 2 aromatic carbocycles. The van der Waals surface area contributed by atoms with E-state index >= 15 is 0 Å². The van der Waals surface area contributed by atoms with Crippen molar-refractivity contribution >= 4 is 5.69 Å². The Kier molecular flexibility index (Phi) is 2.46. The van der Waals surface area contributed by atoms with Gasteiger partial charge in [0.05, 0.1) is 17.1 Å². The molecule has 0 saturated carbocycles. The van der Waals surface area contributed by atoms with Crippen LogP contribution in [0.25, 0.3) is 0 Å². The fourth-order valence-corrected chi connectivity index (χ4v) is 3.77. The Morgan fingerprint density at radius 3 is 1.95 bits per heavy atom. The minimum atomic E-state index is -0.931. The third-order valence-electron chi connectivity index (χ3n) is 4.65. The second-order valence-corrected chi connectivity index (χ2v) is 5.64. The highest BCUT2D eigenvalue weighted by Crippen LogP contribution is 2.53. The van der Waals surface area contributed by atoms with E-state index in [1.54, 1.807) is 6.07 Å². The first-order valence-electron chi connectivity index (χ1n) is 6.83. The Bertz CT molecular complexity index is 758. The van der Waals surface area contributed by atoms with Gasteiger partial charge in [-0.15, -0.1) is 0 Å². The summed E-state index contributed by atoms with van der Waals surface area (Å²) in [5, 5.41) is 31.7. The first kappa shape index (κ1) is 12.5. The number of nitro groups is 1. The molecule has 2 aromatic rings. The first-order valence-corrected chi connectivity index (χ1v) is 6.83. The molecular weight excluding hydrogens is 270 g/mol. The molecule has 4 atom stereocenters. The molecule has 0 unspecified atom stereocenters. The van der Waals surface area contributed by atoms with Crippen LogP contribution >= 0.6 is 0 Å². The zero-order valence-corrected chi connectivity index (χ0v) is 11.0. The lowest BCUT2D eigenvalue weighted by Crippen LogP contribution is -2.47. The van der Waals surface area contributed by atoms with Crippen LogP contribution in [0.3, 0.4) is 0 Å². The lowest BCUT2D eigenvalue weighted by atomic mass is 9.61. The van der Waals surface area contributed by atoms with Crippen molar-refractivity contribution in [3.05, 3.63) is 74.8 Å². The summed E-state index contributed by atoms with van der Waals surface area (Å²) in [5.41, 5.74) is 3.60. The van der Waals surface area contributed by atoms with Crippen molar-refractivity contribution in [3.8, 4) is 0 Å². The zero-order valence-electron chi connectivity index (χ0n) is 11.0. The third kappa shape index (κ3) is 1.53. The first-order chi connectivity index (χ1) is 10.1. The molecule has 0 radical (unpaired) electrons. The summed E-state index contributed by atoms with van der Waals surface area (Å²) in [4.78, 5) is 10.5. The standard InChI is InChI=1S/C16H13NO4/c18-15-13-9-3-1-2-4-10(9)14(16(15)19)12-7-8(17(20)21)5-6-11(12)13/h1-7,13-16,18-19H/t13-,14+,15+,16+/m1/s1. The Morgan fingerprint density at radius 2 is 1.38 bits per heavy atom. The highest BCUT2D eigenvalue weighted by Gasteiger charge is 2.48. The largest absolute Gasteiger partial charge is 0.389 e. The Morgan fingerprint density at radius 1 is 0.857 bits per heavy atom. The molecule has 0 amide bonds. The second-order valence-electron chi connectivity index (χ2n) is 5.64. The maximum absolute atomic E-state index is 11.0. The summed E-state index contributed by atoms with van der Waals surface area (Å²) in [7, 11) is 0. The number of fused-ring (bicyclic) bond motifs is 1. The molecular formula is C16H13NO4. The number of rotatable bonds is 1. The van der Waals surface area contributed by atoms with Gasteiger partial charge in [-0.1, -0.05) is 30.3 Å². The molecule has 0 aliphatic heterocycles. The normalized spacial score (nSPS) is 28.9. The highest BCUT2D eigenvalue weighted by atomic mass is 16.6. The second kappa shape index (κ2) is 4.13. The van der Waals surface area contributed by atoms with Gasteiger partial charge in [-0.25, -0.2) is 0 Å². The van der Waals surface area contributed by atoms with E-state index in [4.69, 9.17) is 0 Å². The molecule has 2 bridgehead atoms. The van der Waals surface area contributed by atoms with Crippen LogP contribution in [0.15, 0.2) is 42.5 Å². The van der Waals surface area contributed by atoms with Gasteiger partial charge in [-0.3, -0.25) is 10.1 Å². The van der Waals surface area contributed by atoms with Crippen LogP contribution in [0.2, 0.25) is 0 Å². The van der Waals surface area contributed by atoms with Gasteiger partial charge in [-0.05, 0) is 22.3 Å². The van der Waals surface area contributed by atoms with Gasteiger partial charge in [0.15, 0.2) is 0 Å². The topological polar surface area (TPSA) is 83.6 Å². The van der Waals surface area contributed by atoms with Crippen molar-refractivity contribution in [1.82, 2.24) is 0 Å². The van der Waals surface area contributed by atoms with E-state index in [9.17, 15) is 20.3 Å². The van der Waals surface area contributed by atoms with E-state index in [1.165, 1.54) is 12.1 Å². The van der Waals surface area contributed by atoms with Crippen LogP contribution in [0.1, 0.15) is 34.1 Å². The summed E-state index contributed by atoms with van der Waals surface area (Å²) in [6.45, 7) is 0. The van der Waals surface area contributed by atoms with Gasteiger partial charge in [0.1, 0.15) is 0 Å². The number of hydrogen-bond acceptors (Lipinski definition) is 4. The van der Waals surface area contributed by atoms with Gasteiger partial charge in [0.25, 0.3) is 5.69 Å². The van der Waals surface area contributed by atoms with Gasteiger partial charge in [-0.2, -0.15) is 0 Å². The maximum Gasteiger partial charge on any atom is 0.269 e. The van der Waals surface area contributed by atoms with Crippen molar-refractivity contribution in [2.75, 3.05) is 0 Å². The number of hydrogen-bond donors (Lipinski definition) is 2. The summed E-state index contributed by atoms with van der Waals surface area (Å²) in [6, 6.07) is 12.4. The molecule has 0 fully saturated rings. The number of aliphatic hydroxyl groups excluding tert-OH is 2. The molecule has 5 heteroatoms. The van der Waals surface area contributed by atoms with Crippen LogP contribution in [0.4, 0.5) is 5.69 Å². The summed E-state index contributed by atoms with van der Waals surface area (Å²) in [6.07, 6.45) is -1.81. The zero-order chi connectivity index (χ0) is 14.7. The molecule has 21 heavy (non-hydrogen) atoms. The van der Waals surface area contributed by atoms with E-state index in [0.717, 1.165) is 22.3 Å². The Balaban J connectivity index is 2.00. The van der Waals surface area contributed by atoms with Crippen LogP contribution in [-0.4, -0.2) is 27.3 Å². The maximum atomic E-state index is 11.0. The molecule has 3 aliphatic rings. The van der Waals surface area contributed by atoms with Gasteiger partial charge in [0, 0.05) is 24.0 Å². The summed E-state index contributed by atoms with van der Waals surface area (Å²) >= 11 is 0. The predicted molar refractivity (Wildman–Crippen MR) is 75.2 cm³/mol. The highest BCUT2D eigenvalue weighted by molar-refractivity contribution is 5.59. The van der Waals surface area contributed by atoms with Crippen molar-refractivity contribution in [3.63, 3.8) is 0 Å². The molecule has 0 aromatic heterocycles. The molecule has 3 aliphatic carbocycles. The summed E-state index contributed by atoms with van der Waals surface area (Å²) in [5.74, 6) is -0.729. The number of aliphatic hydroxyl groups is 2. The quantitative estimate of drug-likeness (QED) is 0.618. The fraction of sp³-hybridized carbons (Fsp3) is 0.250. The van der Waals surface area contributed by atoms with Crippen LogP contribution in [0.5, 0.6) is 0 Å². The van der Waals surface area contributed by atoms with Crippen molar-refractivity contribution in [1.29, 1.82) is 0 Å². The average molecular weight is 283 g/mol. The van der Waals surface area contributed by atoms with E-state index in [-0.39, 0.29) is 11.6 Å². The SMILES string of the molecule is O=[N+]([O-])c1ccc2c(c1)[C@@H]1c3ccccc3[C@H]2[C@H](O)[C@H]1O. The van der Waals surface area contributed by atoms with Gasteiger partial charge in [0.2, 0.25) is 0 Å². The monoisotopic (exact) mass is 283 g/mol. The fourth-order valence-electron chi connectivity index (χ4n) is 3.77. The number of nitro benzene ring substituents is 1. The third-order valence-corrected chi connectivity index (χ3v) is 4.65. The minimum Gasteiger partial charge on any atom is -0.389 e. The van der Waals surface area contributed by atoms with Crippen molar-refractivity contribution in [2.45, 2.75) is 24.0 Å². The Hall–Kier alpha value is -2.24. The Labute approximate surface area is 120 Å². The smallest absolute Gasteiger partial charge is 0.269 e. The number of non-ortho nitro benzene ring substituents is 1. The van der Waals surface area contributed by atoms with Crippen LogP contribution < -0.4 is 0 Å². The van der Waals surface area contributed by atoms with Crippen molar-refractivity contribution in [2.24, 2.45) is 0 Å². The van der Waals surface area contributed by atoms with E-state index in [0.29, 0.717) is 0 Å². The molecule has 0 saturated heterocycles. The lowest BCUT2D eigenvalue weighted by molar-refractivity contribution is -0.385. The van der Waals surface area contributed by atoms with Crippen molar-refractivity contribution < 1.29 is 15.1 Å². The average Bonchev–Trinajstić information content (AvgIpc) is 2.49. The molecule has 0 spiro atoms. The number of nitrogens with zero attached hydrogens (tertiary/aromatic N) is 1. The predicted octanol–water partition coefficient (Wildman–Crippen LogP) is 1.91. The molecule has 5 rings (SSSR count). The van der Waals surface area contributed by atoms with E-state index in [2.05, 4.69) is 0 Å². The summed E-state index contributed by atoms with van der Waals surface area (Å²) < 4.78 is 0. The number of benzene rings is 2. The van der Waals surface area contributed by atoms with Crippen LogP contribution in [0, 0.1) is 10.1 Å². The van der Waals surface area contributed by atoms with Gasteiger partial charge >= 0.3 is 0 Å². The van der Waals surface area contributed by atoms with E-state index < -0.39 is 23.0 Å². The van der Waals surface area contributed by atoms with Crippen LogP contribution in [-0.2, 0) is 0 Å². The minimum absolute atomic E-state index is 0.0143. The molecule has 2 N–H and O–H groups in total. The molecule has 5 nitrogen and oxygen atoms in total. The van der Waals surface area contributed by atoms with E-state index in [1.807, 2.05) is 24.3 Å². The molecule has 106 valence electrons. The molecule has 0 heterocycles. The van der Waals surface area contributed by atoms with Gasteiger partial charge < -0.3 is 10.2 Å². The lowest BCUT2D eigenvalue weighted by Gasteiger charge is -2.46.